The fourth-order valence-corrected chi connectivity index (χ4v) is 2.88. The number of carbonyl (C=O) groups excluding carboxylic acids is 2. The van der Waals surface area contributed by atoms with Crippen molar-refractivity contribution in [3.8, 4) is 0 Å². The summed E-state index contributed by atoms with van der Waals surface area (Å²) in [5.74, 6) is -0.312. The number of halogens is 1. The van der Waals surface area contributed by atoms with Crippen molar-refractivity contribution in [1.29, 1.82) is 0 Å². The average Bonchev–Trinajstić information content (AvgIpc) is 2.83. The maximum Gasteiger partial charge on any atom is 0.275 e. The molecule has 1 aromatic carbocycles. The largest absolute Gasteiger partial charge is 0.350 e. The molecule has 2 amide bonds. The Bertz CT molecular complexity index is 739. The first-order valence-electron chi connectivity index (χ1n) is 7.16. The molecule has 0 saturated heterocycles. The van der Waals surface area contributed by atoms with Crippen LogP contribution in [0.1, 0.15) is 27.8 Å². The van der Waals surface area contributed by atoms with Crippen LogP contribution in [-0.2, 0) is 6.54 Å². The number of rotatable bonds is 2. The molecule has 6 heteroatoms. The smallest absolute Gasteiger partial charge is 0.275 e. The van der Waals surface area contributed by atoms with Gasteiger partial charge in [0.15, 0.2) is 0 Å². The molecule has 0 aliphatic carbocycles. The number of anilines is 1. The molecule has 3 rings (SSSR count). The van der Waals surface area contributed by atoms with E-state index in [1.54, 1.807) is 35.4 Å². The molecule has 1 aliphatic rings. The third-order valence-corrected chi connectivity index (χ3v) is 3.94. The molecule has 5 nitrogen and oxygen atoms in total. The molecule has 0 unspecified atom stereocenters. The van der Waals surface area contributed by atoms with E-state index in [9.17, 15) is 9.59 Å². The third kappa shape index (κ3) is 2.48. The number of benzene rings is 1. The highest BCUT2D eigenvalue weighted by Gasteiger charge is 2.27. The molecule has 0 bridgehead atoms. The van der Waals surface area contributed by atoms with Gasteiger partial charge in [-0.2, -0.15) is 0 Å². The molecule has 1 N–H and O–H groups in total. The van der Waals surface area contributed by atoms with Crippen LogP contribution < -0.4 is 10.2 Å². The first-order chi connectivity index (χ1) is 10.6. The lowest BCUT2D eigenvalue weighted by Crippen LogP contribution is -2.36. The average molecular weight is 318 g/mol. The molecule has 0 radical (unpaired) electrons. The zero-order valence-electron chi connectivity index (χ0n) is 12.2. The van der Waals surface area contributed by atoms with Gasteiger partial charge in [0.1, 0.15) is 5.69 Å². The van der Waals surface area contributed by atoms with Crippen LogP contribution in [0.5, 0.6) is 0 Å². The van der Waals surface area contributed by atoms with E-state index < -0.39 is 0 Å². The Labute approximate surface area is 133 Å². The van der Waals surface area contributed by atoms with Gasteiger partial charge < -0.3 is 14.8 Å². The fraction of sp³-hybridized carbons (Fsp3) is 0.250. The second kappa shape index (κ2) is 5.85. The topological polar surface area (TPSA) is 54.3 Å². The number of para-hydroxylation sites is 1. The van der Waals surface area contributed by atoms with Gasteiger partial charge in [-0.15, -0.1) is 0 Å². The molecule has 2 heterocycles. The van der Waals surface area contributed by atoms with Gasteiger partial charge in [0, 0.05) is 25.8 Å². The minimum Gasteiger partial charge on any atom is -0.350 e. The lowest BCUT2D eigenvalue weighted by molar-refractivity contribution is 0.0952. The summed E-state index contributed by atoms with van der Waals surface area (Å²) in [4.78, 5) is 26.6. The predicted molar refractivity (Wildman–Crippen MR) is 85.6 cm³/mol. The highest BCUT2D eigenvalue weighted by atomic mass is 35.5. The third-order valence-electron chi connectivity index (χ3n) is 3.73. The Morgan fingerprint density at radius 2 is 2.14 bits per heavy atom. The van der Waals surface area contributed by atoms with Crippen LogP contribution >= 0.6 is 11.6 Å². The van der Waals surface area contributed by atoms with E-state index >= 15 is 0 Å². The van der Waals surface area contributed by atoms with E-state index in [-0.39, 0.29) is 11.8 Å². The monoisotopic (exact) mass is 317 g/mol. The molecule has 2 aromatic rings. The zero-order chi connectivity index (χ0) is 15.7. The summed E-state index contributed by atoms with van der Waals surface area (Å²) in [6, 6.07) is 8.79. The van der Waals surface area contributed by atoms with Crippen LogP contribution in [0.15, 0.2) is 36.5 Å². The maximum atomic E-state index is 12.9. The normalized spacial score (nSPS) is 14.3. The summed E-state index contributed by atoms with van der Waals surface area (Å²) in [5.41, 5.74) is 1.66. The van der Waals surface area contributed by atoms with Crippen LogP contribution in [0, 0.1) is 0 Å². The Morgan fingerprint density at radius 1 is 1.36 bits per heavy atom. The van der Waals surface area contributed by atoms with Crippen LogP contribution in [-0.4, -0.2) is 29.5 Å². The molecule has 1 aromatic heterocycles. The van der Waals surface area contributed by atoms with E-state index in [1.165, 1.54) is 0 Å². The first kappa shape index (κ1) is 14.7. The summed E-state index contributed by atoms with van der Waals surface area (Å²) in [6.07, 6.45) is 1.74. The maximum absolute atomic E-state index is 12.9. The second-order valence-corrected chi connectivity index (χ2v) is 5.50. The van der Waals surface area contributed by atoms with Crippen molar-refractivity contribution in [3.63, 3.8) is 0 Å². The first-order valence-corrected chi connectivity index (χ1v) is 7.54. The Kier molecular flexibility index (Phi) is 3.90. The van der Waals surface area contributed by atoms with Crippen LogP contribution in [0.3, 0.4) is 0 Å². The van der Waals surface area contributed by atoms with Gasteiger partial charge in [-0.25, -0.2) is 0 Å². The number of aryl methyl sites for hydroxylation is 1. The fourth-order valence-electron chi connectivity index (χ4n) is 2.66. The lowest BCUT2D eigenvalue weighted by atomic mass is 10.1. The van der Waals surface area contributed by atoms with Crippen molar-refractivity contribution >= 4 is 29.1 Å². The van der Waals surface area contributed by atoms with Crippen molar-refractivity contribution < 1.29 is 9.59 Å². The van der Waals surface area contributed by atoms with Gasteiger partial charge in [0.05, 0.1) is 16.3 Å². The molecule has 0 fully saturated rings. The van der Waals surface area contributed by atoms with Gasteiger partial charge in [-0.05, 0) is 25.1 Å². The van der Waals surface area contributed by atoms with Gasteiger partial charge in [-0.1, -0.05) is 23.7 Å². The second-order valence-electron chi connectivity index (χ2n) is 5.06. The van der Waals surface area contributed by atoms with E-state index in [0.717, 1.165) is 0 Å². The molecule has 0 atom stereocenters. The summed E-state index contributed by atoms with van der Waals surface area (Å²) in [5, 5.41) is 3.34. The minimum absolute atomic E-state index is 0.155. The molecular weight excluding hydrogens is 302 g/mol. The SMILES string of the molecule is CCn1cc(Cl)cc1C(=O)N1CCNC(=O)c2ccccc21. The van der Waals surface area contributed by atoms with Crippen LogP contribution in [0.2, 0.25) is 5.02 Å². The van der Waals surface area contributed by atoms with Gasteiger partial charge in [0.25, 0.3) is 11.8 Å². The number of amides is 2. The van der Waals surface area contributed by atoms with Gasteiger partial charge >= 0.3 is 0 Å². The van der Waals surface area contributed by atoms with E-state index in [4.69, 9.17) is 11.6 Å². The molecule has 22 heavy (non-hydrogen) atoms. The lowest BCUT2D eigenvalue weighted by Gasteiger charge is -2.22. The van der Waals surface area contributed by atoms with Crippen molar-refractivity contribution in [2.45, 2.75) is 13.5 Å². The van der Waals surface area contributed by atoms with Crippen LogP contribution in [0.4, 0.5) is 5.69 Å². The van der Waals surface area contributed by atoms with Crippen molar-refractivity contribution in [2.75, 3.05) is 18.0 Å². The quantitative estimate of drug-likeness (QED) is 0.925. The highest BCUT2D eigenvalue weighted by Crippen LogP contribution is 2.25. The Balaban J connectivity index is 2.05. The number of aromatic nitrogens is 1. The number of nitrogens with zero attached hydrogens (tertiary/aromatic N) is 2. The summed E-state index contributed by atoms with van der Waals surface area (Å²) < 4.78 is 1.81. The van der Waals surface area contributed by atoms with E-state index in [2.05, 4.69) is 5.32 Å². The standard InChI is InChI=1S/C16H16ClN3O2/c1-2-19-10-11(17)9-14(19)16(22)20-8-7-18-15(21)12-5-3-4-6-13(12)20/h3-6,9-10H,2,7-8H2,1H3,(H,18,21). The predicted octanol–water partition coefficient (Wildman–Crippen LogP) is 2.55. The summed E-state index contributed by atoms with van der Waals surface area (Å²) in [7, 11) is 0. The van der Waals surface area contributed by atoms with Crippen LogP contribution in [0.25, 0.3) is 0 Å². The van der Waals surface area contributed by atoms with E-state index in [1.807, 2.05) is 17.6 Å². The number of hydrogen-bond donors (Lipinski definition) is 1. The molecular formula is C16H16ClN3O2. The molecule has 0 spiro atoms. The zero-order valence-corrected chi connectivity index (χ0v) is 12.9. The van der Waals surface area contributed by atoms with Crippen molar-refractivity contribution in [2.24, 2.45) is 0 Å². The minimum atomic E-state index is -0.158. The molecule has 0 saturated carbocycles. The number of fused-ring (bicyclic) bond motifs is 1. The number of nitrogens with one attached hydrogen (secondary N) is 1. The molecule has 1 aliphatic heterocycles. The van der Waals surface area contributed by atoms with E-state index in [0.29, 0.717) is 41.6 Å². The Morgan fingerprint density at radius 3 is 2.91 bits per heavy atom. The summed E-state index contributed by atoms with van der Waals surface area (Å²) in [6.45, 7) is 3.45. The van der Waals surface area contributed by atoms with Crippen molar-refractivity contribution in [3.05, 3.63) is 52.8 Å². The number of carbonyl (C=O) groups is 2. The van der Waals surface area contributed by atoms with Gasteiger partial charge in [0.2, 0.25) is 0 Å². The molecule has 114 valence electrons. The van der Waals surface area contributed by atoms with Gasteiger partial charge in [-0.3, -0.25) is 9.59 Å². The van der Waals surface area contributed by atoms with Crippen molar-refractivity contribution in [1.82, 2.24) is 9.88 Å². The number of hydrogen-bond acceptors (Lipinski definition) is 2. The Hall–Kier alpha value is -2.27. The highest BCUT2D eigenvalue weighted by molar-refractivity contribution is 6.31. The summed E-state index contributed by atoms with van der Waals surface area (Å²) >= 11 is 6.02.